The van der Waals surface area contributed by atoms with Gasteiger partial charge in [-0.15, -0.1) is 0 Å². The molecule has 0 bridgehead atoms. The van der Waals surface area contributed by atoms with Crippen LogP contribution in [0.1, 0.15) is 17.4 Å². The predicted octanol–water partition coefficient (Wildman–Crippen LogP) is -0.613. The van der Waals surface area contributed by atoms with Crippen molar-refractivity contribution in [2.45, 2.75) is 6.92 Å². The maximum atomic E-state index is 11.3. The molecule has 15 heavy (non-hydrogen) atoms. The molecule has 0 saturated carbocycles. The van der Waals surface area contributed by atoms with Gasteiger partial charge in [-0.05, 0) is 12.1 Å². The Morgan fingerprint density at radius 3 is 2.60 bits per heavy atom. The molecular weight excluding hydrogens is 198 g/mol. The van der Waals surface area contributed by atoms with Crippen LogP contribution in [-0.4, -0.2) is 22.8 Å². The summed E-state index contributed by atoms with van der Waals surface area (Å²) in [5.41, 5.74) is 10.3. The van der Waals surface area contributed by atoms with Gasteiger partial charge in [0.25, 0.3) is 5.91 Å². The van der Waals surface area contributed by atoms with Gasteiger partial charge in [0.05, 0.1) is 0 Å². The predicted molar refractivity (Wildman–Crippen MR) is 55.2 cm³/mol. The fourth-order valence-electron chi connectivity index (χ4n) is 0.960. The molecule has 0 fully saturated rings. The lowest BCUT2D eigenvalue weighted by Gasteiger charge is -1.96. The van der Waals surface area contributed by atoms with Gasteiger partial charge in [-0.3, -0.25) is 9.59 Å². The van der Waals surface area contributed by atoms with Crippen LogP contribution in [0.4, 0.5) is 5.82 Å². The molecule has 80 valence electrons. The fourth-order valence-corrected chi connectivity index (χ4v) is 0.960. The number of aromatic amines is 1. The van der Waals surface area contributed by atoms with Crippen molar-refractivity contribution in [1.29, 1.82) is 0 Å². The summed E-state index contributed by atoms with van der Waals surface area (Å²) < 4.78 is 0. The van der Waals surface area contributed by atoms with E-state index in [1.54, 1.807) is 0 Å². The van der Waals surface area contributed by atoms with Crippen molar-refractivity contribution in [2.24, 2.45) is 16.5 Å². The third kappa shape index (κ3) is 3.14. The lowest BCUT2D eigenvalue weighted by Crippen LogP contribution is -2.24. The first kappa shape index (κ1) is 10.8. The van der Waals surface area contributed by atoms with Crippen molar-refractivity contribution in [3.05, 3.63) is 17.8 Å². The molecular formula is C8H11N5O2. The maximum absolute atomic E-state index is 11.3. The first-order chi connectivity index (χ1) is 6.99. The lowest BCUT2D eigenvalue weighted by molar-refractivity contribution is -0.114. The monoisotopic (exact) mass is 209 g/mol. The van der Waals surface area contributed by atoms with Crippen LogP contribution < -0.4 is 16.8 Å². The van der Waals surface area contributed by atoms with Gasteiger partial charge < -0.3 is 21.8 Å². The second kappa shape index (κ2) is 4.27. The largest absolute Gasteiger partial charge is 0.370 e. The van der Waals surface area contributed by atoms with Crippen LogP contribution in [-0.2, 0) is 4.79 Å². The molecule has 2 amide bonds. The summed E-state index contributed by atoms with van der Waals surface area (Å²) in [5.74, 6) is -0.725. The van der Waals surface area contributed by atoms with Gasteiger partial charge in [-0.2, -0.15) is 4.99 Å². The number of amides is 2. The van der Waals surface area contributed by atoms with Gasteiger partial charge in [0.1, 0.15) is 11.5 Å². The van der Waals surface area contributed by atoms with Crippen LogP contribution in [0.3, 0.4) is 0 Å². The molecule has 6 N–H and O–H groups in total. The average Bonchev–Trinajstić information content (AvgIpc) is 2.50. The molecule has 7 heteroatoms. The second-order valence-corrected chi connectivity index (χ2v) is 2.81. The third-order valence-electron chi connectivity index (χ3n) is 1.46. The summed E-state index contributed by atoms with van der Waals surface area (Å²) in [6.45, 7) is 1.36. The van der Waals surface area contributed by atoms with Crippen molar-refractivity contribution < 1.29 is 9.59 Å². The summed E-state index contributed by atoms with van der Waals surface area (Å²) in [4.78, 5) is 27.9. The van der Waals surface area contributed by atoms with E-state index < -0.39 is 5.91 Å². The van der Waals surface area contributed by atoms with Crippen LogP contribution in [0.2, 0.25) is 0 Å². The minimum absolute atomic E-state index is 0.201. The molecule has 0 saturated heterocycles. The Morgan fingerprint density at radius 2 is 2.07 bits per heavy atom. The van der Waals surface area contributed by atoms with Gasteiger partial charge in [0, 0.05) is 6.92 Å². The highest BCUT2D eigenvalue weighted by molar-refractivity contribution is 6.01. The third-order valence-corrected chi connectivity index (χ3v) is 1.46. The van der Waals surface area contributed by atoms with Crippen LogP contribution in [0.25, 0.3) is 0 Å². The van der Waals surface area contributed by atoms with Gasteiger partial charge >= 0.3 is 0 Å². The van der Waals surface area contributed by atoms with E-state index in [1.165, 1.54) is 19.1 Å². The number of aromatic nitrogens is 1. The average molecular weight is 209 g/mol. The molecule has 1 heterocycles. The minimum atomic E-state index is -0.591. The molecule has 1 aromatic heterocycles. The number of hydrogen-bond donors (Lipinski definition) is 4. The van der Waals surface area contributed by atoms with E-state index in [0.29, 0.717) is 5.82 Å². The maximum Gasteiger partial charge on any atom is 0.296 e. The molecule has 0 aliphatic rings. The Hall–Kier alpha value is -2.31. The van der Waals surface area contributed by atoms with Gasteiger partial charge in [-0.1, -0.05) is 0 Å². The lowest BCUT2D eigenvalue weighted by atomic mass is 10.4. The smallest absolute Gasteiger partial charge is 0.296 e. The molecule has 0 unspecified atom stereocenters. The highest BCUT2D eigenvalue weighted by atomic mass is 16.2. The molecule has 0 radical (unpaired) electrons. The van der Waals surface area contributed by atoms with Crippen molar-refractivity contribution in [2.75, 3.05) is 5.32 Å². The summed E-state index contributed by atoms with van der Waals surface area (Å²) in [6, 6.07) is 3.01. The Labute approximate surface area is 85.5 Å². The summed E-state index contributed by atoms with van der Waals surface area (Å²) in [7, 11) is 0. The highest BCUT2D eigenvalue weighted by Gasteiger charge is 2.07. The number of carbonyl (C=O) groups excluding carboxylic acids is 2. The zero-order valence-corrected chi connectivity index (χ0v) is 8.07. The number of carbonyl (C=O) groups is 2. The number of hydrogen-bond acceptors (Lipinski definition) is 2. The Morgan fingerprint density at radius 1 is 1.40 bits per heavy atom. The normalized spacial score (nSPS) is 9.40. The van der Waals surface area contributed by atoms with Crippen molar-refractivity contribution >= 4 is 23.6 Å². The SMILES string of the molecule is CC(=O)Nc1ccc(C(=O)N=C(N)N)[nH]1. The highest BCUT2D eigenvalue weighted by Crippen LogP contribution is 2.08. The number of anilines is 1. The van der Waals surface area contributed by atoms with E-state index in [2.05, 4.69) is 15.3 Å². The van der Waals surface area contributed by atoms with E-state index in [-0.39, 0.29) is 17.6 Å². The van der Waals surface area contributed by atoms with E-state index in [1.807, 2.05) is 0 Å². The number of aliphatic imine (C=N–C) groups is 1. The van der Waals surface area contributed by atoms with Crippen molar-refractivity contribution in [1.82, 2.24) is 4.98 Å². The van der Waals surface area contributed by atoms with E-state index >= 15 is 0 Å². The molecule has 0 spiro atoms. The van der Waals surface area contributed by atoms with Crippen LogP contribution in [0.5, 0.6) is 0 Å². The zero-order valence-electron chi connectivity index (χ0n) is 8.07. The second-order valence-electron chi connectivity index (χ2n) is 2.81. The summed E-state index contributed by atoms with van der Waals surface area (Å²) in [6.07, 6.45) is 0. The van der Waals surface area contributed by atoms with Crippen LogP contribution in [0.15, 0.2) is 17.1 Å². The van der Waals surface area contributed by atoms with Crippen LogP contribution >= 0.6 is 0 Å². The number of nitrogens with two attached hydrogens (primary N) is 2. The van der Waals surface area contributed by atoms with Gasteiger partial charge in [0.2, 0.25) is 5.91 Å². The van der Waals surface area contributed by atoms with Crippen LogP contribution in [0, 0.1) is 0 Å². The summed E-state index contributed by atoms with van der Waals surface area (Å²) >= 11 is 0. The standard InChI is InChI=1S/C8H11N5O2/c1-4(14)11-6-3-2-5(12-6)7(15)13-8(9)10/h2-3,12H,1H3,(H,11,14)(H4,9,10,13,15). The first-order valence-corrected chi connectivity index (χ1v) is 4.09. The first-order valence-electron chi connectivity index (χ1n) is 4.09. The summed E-state index contributed by atoms with van der Waals surface area (Å²) in [5, 5.41) is 2.48. The molecule has 0 aliphatic carbocycles. The Balaban J connectivity index is 2.80. The molecule has 0 aliphatic heterocycles. The van der Waals surface area contributed by atoms with E-state index in [9.17, 15) is 9.59 Å². The van der Waals surface area contributed by atoms with E-state index in [0.717, 1.165) is 0 Å². The van der Waals surface area contributed by atoms with E-state index in [4.69, 9.17) is 11.5 Å². The Kier molecular flexibility index (Phi) is 3.06. The topological polar surface area (TPSA) is 126 Å². The number of guanidine groups is 1. The number of nitrogens with zero attached hydrogens (tertiary/aromatic N) is 1. The van der Waals surface area contributed by atoms with Gasteiger partial charge in [0.15, 0.2) is 5.96 Å². The minimum Gasteiger partial charge on any atom is -0.370 e. The number of nitrogens with one attached hydrogen (secondary N) is 2. The molecule has 7 nitrogen and oxygen atoms in total. The molecule has 1 aromatic rings. The molecule has 1 rings (SSSR count). The zero-order chi connectivity index (χ0) is 11.4. The fraction of sp³-hybridized carbons (Fsp3) is 0.125. The number of rotatable bonds is 2. The Bertz CT molecular complexity index is 416. The quantitative estimate of drug-likeness (QED) is 0.382. The van der Waals surface area contributed by atoms with Crippen molar-refractivity contribution in [3.8, 4) is 0 Å². The molecule has 0 atom stereocenters. The molecule has 0 aromatic carbocycles. The van der Waals surface area contributed by atoms with Crippen molar-refractivity contribution in [3.63, 3.8) is 0 Å². The van der Waals surface area contributed by atoms with Gasteiger partial charge in [-0.25, -0.2) is 0 Å². The number of H-pyrrole nitrogens is 1.